The average Bonchev–Trinajstić information content (AvgIpc) is 2.99. The van der Waals surface area contributed by atoms with Crippen molar-refractivity contribution in [3.05, 3.63) is 45.6 Å². The van der Waals surface area contributed by atoms with E-state index >= 15 is 0 Å². The summed E-state index contributed by atoms with van der Waals surface area (Å²) in [5, 5.41) is 4.31. The highest BCUT2D eigenvalue weighted by molar-refractivity contribution is 14.1. The lowest BCUT2D eigenvalue weighted by Gasteiger charge is -2.08. The fourth-order valence-electron chi connectivity index (χ4n) is 2.30. The molecule has 2 aromatic heterocycles. The van der Waals surface area contributed by atoms with Crippen LogP contribution in [-0.4, -0.2) is 19.3 Å². The molecule has 0 unspecified atom stereocenters. The van der Waals surface area contributed by atoms with Crippen molar-refractivity contribution >= 4 is 45.2 Å². The van der Waals surface area contributed by atoms with Crippen LogP contribution in [0, 0.1) is 10.5 Å². The molecule has 2 heterocycles. The van der Waals surface area contributed by atoms with Gasteiger partial charge in [0.15, 0.2) is 0 Å². The quantitative estimate of drug-likeness (QED) is 0.496. The molecule has 0 atom stereocenters. The molecular weight excluding hydrogens is 387 g/mol. The molecule has 3 rings (SSSR count). The first kappa shape index (κ1) is 13.9. The molecule has 0 saturated heterocycles. The van der Waals surface area contributed by atoms with Crippen LogP contribution in [0.15, 0.2) is 30.6 Å². The lowest BCUT2D eigenvalue weighted by molar-refractivity contribution is 0.532. The van der Waals surface area contributed by atoms with Gasteiger partial charge in [-0.2, -0.15) is 5.10 Å². The van der Waals surface area contributed by atoms with Crippen LogP contribution in [0.5, 0.6) is 0 Å². The van der Waals surface area contributed by atoms with Gasteiger partial charge in [-0.1, -0.05) is 0 Å². The summed E-state index contributed by atoms with van der Waals surface area (Å²) in [6.45, 7) is 3.68. The Hall–Kier alpha value is -1.08. The third-order valence-corrected chi connectivity index (χ3v) is 4.13. The lowest BCUT2D eigenvalue weighted by Crippen LogP contribution is -2.10. The number of fused-ring (bicyclic) bond motifs is 1. The van der Waals surface area contributed by atoms with Crippen molar-refractivity contribution in [3.8, 4) is 0 Å². The van der Waals surface area contributed by atoms with E-state index in [2.05, 4.69) is 55.4 Å². The van der Waals surface area contributed by atoms with Gasteiger partial charge in [-0.15, -0.1) is 11.6 Å². The first-order valence-electron chi connectivity index (χ1n) is 6.37. The van der Waals surface area contributed by atoms with E-state index in [1.54, 1.807) is 0 Å². The monoisotopic (exact) mass is 400 g/mol. The molecule has 0 aliphatic carbocycles. The van der Waals surface area contributed by atoms with E-state index in [-0.39, 0.29) is 0 Å². The highest BCUT2D eigenvalue weighted by Crippen LogP contribution is 2.20. The van der Waals surface area contributed by atoms with Crippen LogP contribution >= 0.6 is 34.2 Å². The van der Waals surface area contributed by atoms with Crippen LogP contribution in [0.25, 0.3) is 11.0 Å². The first-order valence-corrected chi connectivity index (χ1v) is 7.98. The second kappa shape index (κ2) is 5.73. The molecular formula is C14H14ClIN4. The zero-order valence-electron chi connectivity index (χ0n) is 11.1. The Balaban J connectivity index is 1.93. The number of rotatable bonds is 4. The van der Waals surface area contributed by atoms with Crippen LogP contribution in [0.1, 0.15) is 11.4 Å². The van der Waals surface area contributed by atoms with E-state index in [0.29, 0.717) is 5.88 Å². The van der Waals surface area contributed by atoms with E-state index in [4.69, 9.17) is 11.6 Å². The second-order valence-corrected chi connectivity index (χ2v) is 6.24. The maximum absolute atomic E-state index is 6.02. The zero-order valence-corrected chi connectivity index (χ0v) is 14.0. The molecule has 0 aliphatic rings. The third-order valence-electron chi connectivity index (χ3n) is 3.22. The summed E-state index contributed by atoms with van der Waals surface area (Å²) in [5.74, 6) is 1.33. The molecule has 0 saturated carbocycles. The van der Waals surface area contributed by atoms with Crippen molar-refractivity contribution < 1.29 is 0 Å². The number of imidazole rings is 1. The molecule has 0 N–H and O–H groups in total. The molecule has 6 heteroatoms. The minimum atomic E-state index is 0.420. The van der Waals surface area contributed by atoms with Crippen LogP contribution in [0.3, 0.4) is 0 Å². The summed E-state index contributed by atoms with van der Waals surface area (Å²) in [6.07, 6.45) is 3.92. The SMILES string of the molecule is Cc1cnn(CCn2c(CCl)nc3cc(I)ccc32)c1. The summed E-state index contributed by atoms with van der Waals surface area (Å²) in [6, 6.07) is 6.28. The number of halogens is 2. The van der Waals surface area contributed by atoms with Crippen molar-refractivity contribution in [2.45, 2.75) is 25.9 Å². The second-order valence-electron chi connectivity index (χ2n) is 4.73. The van der Waals surface area contributed by atoms with Crippen LogP contribution in [0.4, 0.5) is 0 Å². The molecule has 0 aliphatic heterocycles. The number of nitrogens with zero attached hydrogens (tertiary/aromatic N) is 4. The molecule has 0 amide bonds. The normalized spacial score (nSPS) is 11.3. The Morgan fingerprint density at radius 3 is 2.85 bits per heavy atom. The number of hydrogen-bond donors (Lipinski definition) is 0. The van der Waals surface area contributed by atoms with Gasteiger partial charge in [-0.3, -0.25) is 4.68 Å². The fourth-order valence-corrected chi connectivity index (χ4v) is 2.97. The first-order chi connectivity index (χ1) is 9.67. The molecule has 0 bridgehead atoms. The molecule has 104 valence electrons. The van der Waals surface area contributed by atoms with Gasteiger partial charge in [-0.05, 0) is 53.3 Å². The van der Waals surface area contributed by atoms with Crippen molar-refractivity contribution in [1.29, 1.82) is 0 Å². The Morgan fingerprint density at radius 2 is 2.15 bits per heavy atom. The number of aromatic nitrogens is 4. The van der Waals surface area contributed by atoms with Gasteiger partial charge in [0.05, 0.1) is 29.7 Å². The van der Waals surface area contributed by atoms with Gasteiger partial charge in [0, 0.05) is 16.3 Å². The topological polar surface area (TPSA) is 35.6 Å². The summed E-state index contributed by atoms with van der Waals surface area (Å²) in [4.78, 5) is 4.61. The van der Waals surface area contributed by atoms with Gasteiger partial charge in [0.25, 0.3) is 0 Å². The molecule has 0 fully saturated rings. The maximum atomic E-state index is 6.02. The van der Waals surface area contributed by atoms with E-state index in [1.807, 2.05) is 24.0 Å². The summed E-state index contributed by atoms with van der Waals surface area (Å²) in [7, 11) is 0. The Labute approximate surface area is 135 Å². The van der Waals surface area contributed by atoms with Crippen molar-refractivity contribution in [1.82, 2.24) is 19.3 Å². The van der Waals surface area contributed by atoms with Crippen molar-refractivity contribution in [2.75, 3.05) is 0 Å². The van der Waals surface area contributed by atoms with Gasteiger partial charge < -0.3 is 4.57 Å². The maximum Gasteiger partial charge on any atom is 0.124 e. The Morgan fingerprint density at radius 1 is 1.30 bits per heavy atom. The van der Waals surface area contributed by atoms with Crippen LogP contribution in [-0.2, 0) is 19.0 Å². The minimum Gasteiger partial charge on any atom is -0.325 e. The fraction of sp³-hybridized carbons (Fsp3) is 0.286. The summed E-state index contributed by atoms with van der Waals surface area (Å²) >= 11 is 8.32. The van der Waals surface area contributed by atoms with Gasteiger partial charge in [0.2, 0.25) is 0 Å². The van der Waals surface area contributed by atoms with Crippen molar-refractivity contribution in [3.63, 3.8) is 0 Å². The Kier molecular flexibility index (Phi) is 3.98. The summed E-state index contributed by atoms with van der Waals surface area (Å²) < 4.78 is 5.31. The average molecular weight is 401 g/mol. The smallest absolute Gasteiger partial charge is 0.124 e. The summed E-state index contributed by atoms with van der Waals surface area (Å²) in [5.41, 5.74) is 3.31. The largest absolute Gasteiger partial charge is 0.325 e. The Bertz CT molecular complexity index is 747. The molecule has 1 aromatic carbocycles. The standard InChI is InChI=1S/C14H14ClIN4/c1-10-8-17-19(9-10)4-5-20-13-3-2-11(16)6-12(13)18-14(20)7-15/h2-3,6,8-9H,4-5,7H2,1H3. The minimum absolute atomic E-state index is 0.420. The molecule has 0 spiro atoms. The van der Waals surface area contributed by atoms with Crippen LogP contribution in [0.2, 0.25) is 0 Å². The number of alkyl halides is 1. The number of aryl methyl sites for hydroxylation is 3. The van der Waals surface area contributed by atoms with Gasteiger partial charge in [-0.25, -0.2) is 4.98 Å². The highest BCUT2D eigenvalue weighted by Gasteiger charge is 2.10. The molecule has 3 aromatic rings. The molecule has 4 nitrogen and oxygen atoms in total. The predicted octanol–water partition coefficient (Wildman–Crippen LogP) is 3.58. The number of hydrogen-bond acceptors (Lipinski definition) is 2. The zero-order chi connectivity index (χ0) is 14.1. The van der Waals surface area contributed by atoms with E-state index in [9.17, 15) is 0 Å². The van der Waals surface area contributed by atoms with Gasteiger partial charge >= 0.3 is 0 Å². The van der Waals surface area contributed by atoms with E-state index < -0.39 is 0 Å². The van der Waals surface area contributed by atoms with Gasteiger partial charge in [0.1, 0.15) is 5.82 Å². The van der Waals surface area contributed by atoms with Crippen LogP contribution < -0.4 is 0 Å². The highest BCUT2D eigenvalue weighted by atomic mass is 127. The third kappa shape index (κ3) is 2.69. The predicted molar refractivity (Wildman–Crippen MR) is 89.0 cm³/mol. The molecule has 0 radical (unpaired) electrons. The lowest BCUT2D eigenvalue weighted by atomic mass is 10.3. The molecule has 20 heavy (non-hydrogen) atoms. The van der Waals surface area contributed by atoms with E-state index in [0.717, 1.165) is 29.9 Å². The van der Waals surface area contributed by atoms with Crippen molar-refractivity contribution in [2.24, 2.45) is 0 Å². The number of benzene rings is 1. The van der Waals surface area contributed by atoms with E-state index in [1.165, 1.54) is 9.13 Å².